The van der Waals surface area contributed by atoms with Crippen molar-refractivity contribution in [3.63, 3.8) is 0 Å². The van der Waals surface area contributed by atoms with E-state index in [2.05, 4.69) is 34.1 Å². The van der Waals surface area contributed by atoms with Gasteiger partial charge in [-0.15, -0.1) is 0 Å². The molecule has 0 unspecified atom stereocenters. The third kappa shape index (κ3) is 3.77. The minimum Gasteiger partial charge on any atom is -0.392 e. The molecule has 2 heterocycles. The Morgan fingerprint density at radius 1 is 1.24 bits per heavy atom. The molecule has 2 aromatic rings. The minimum atomic E-state index is -0.303. The summed E-state index contributed by atoms with van der Waals surface area (Å²) in [5, 5.41) is 14.4. The quantitative estimate of drug-likeness (QED) is 0.918. The molecule has 2 aliphatic rings. The lowest BCUT2D eigenvalue weighted by atomic mass is 9.89. The van der Waals surface area contributed by atoms with E-state index >= 15 is 0 Å². The van der Waals surface area contributed by atoms with Crippen LogP contribution in [0.15, 0.2) is 28.8 Å². The number of aliphatic hydroxyl groups is 1. The van der Waals surface area contributed by atoms with Crippen LogP contribution >= 0.6 is 0 Å². The average Bonchev–Trinajstić information content (AvgIpc) is 3.22. The first-order valence-corrected chi connectivity index (χ1v) is 9.52. The summed E-state index contributed by atoms with van der Waals surface area (Å²) in [5.74, 6) is 2.02. The Hall–Kier alpha value is -1.72. The standard InChI is InChI=1S/C20H27N3O2/c1-14-6-5-9-16(10-14)19-21-20(25-22-19)18-11-17(24)13-23(18)12-15-7-3-2-4-8-15/h5-6,9-10,15,17-18,24H,2-4,7-8,11-13H2,1H3/t17-,18-/m1/s1. The van der Waals surface area contributed by atoms with Crippen LogP contribution in [0, 0.1) is 12.8 Å². The van der Waals surface area contributed by atoms with Gasteiger partial charge >= 0.3 is 0 Å². The van der Waals surface area contributed by atoms with Crippen molar-refractivity contribution in [2.24, 2.45) is 5.92 Å². The normalized spacial score (nSPS) is 25.5. The lowest BCUT2D eigenvalue weighted by Crippen LogP contribution is -2.31. The fourth-order valence-corrected chi connectivity index (χ4v) is 4.31. The predicted molar refractivity (Wildman–Crippen MR) is 96.0 cm³/mol. The number of hydrogen-bond acceptors (Lipinski definition) is 5. The van der Waals surface area contributed by atoms with E-state index in [1.165, 1.54) is 37.7 Å². The Morgan fingerprint density at radius 3 is 2.88 bits per heavy atom. The third-order valence-electron chi connectivity index (χ3n) is 5.60. The summed E-state index contributed by atoms with van der Waals surface area (Å²) in [5.41, 5.74) is 2.16. The summed E-state index contributed by atoms with van der Waals surface area (Å²) >= 11 is 0. The van der Waals surface area contributed by atoms with Crippen molar-refractivity contribution < 1.29 is 9.63 Å². The predicted octanol–water partition coefficient (Wildman–Crippen LogP) is 3.73. The number of likely N-dealkylation sites (tertiary alicyclic amines) is 1. The van der Waals surface area contributed by atoms with E-state index in [0.717, 1.165) is 18.0 Å². The van der Waals surface area contributed by atoms with Gasteiger partial charge in [-0.1, -0.05) is 48.2 Å². The van der Waals surface area contributed by atoms with E-state index in [1.54, 1.807) is 0 Å². The molecule has 0 radical (unpaired) electrons. The zero-order valence-electron chi connectivity index (χ0n) is 14.9. The Morgan fingerprint density at radius 2 is 2.08 bits per heavy atom. The van der Waals surface area contributed by atoms with Crippen molar-refractivity contribution in [2.75, 3.05) is 13.1 Å². The van der Waals surface area contributed by atoms with Gasteiger partial charge in [0.25, 0.3) is 0 Å². The first-order chi connectivity index (χ1) is 12.2. The van der Waals surface area contributed by atoms with Crippen molar-refractivity contribution in [3.8, 4) is 11.4 Å². The number of aryl methyl sites for hydroxylation is 1. The molecule has 2 atom stereocenters. The molecular weight excluding hydrogens is 314 g/mol. The van der Waals surface area contributed by atoms with E-state index in [1.807, 2.05) is 12.1 Å². The highest BCUT2D eigenvalue weighted by Crippen LogP contribution is 2.35. The lowest BCUT2D eigenvalue weighted by Gasteiger charge is -2.29. The molecule has 4 rings (SSSR count). The Labute approximate surface area is 149 Å². The molecule has 1 N–H and O–H groups in total. The van der Waals surface area contributed by atoms with Crippen LogP contribution in [0.2, 0.25) is 0 Å². The number of hydrogen-bond donors (Lipinski definition) is 1. The zero-order chi connectivity index (χ0) is 17.2. The van der Waals surface area contributed by atoms with Crippen LogP contribution in [0.25, 0.3) is 11.4 Å². The van der Waals surface area contributed by atoms with Crippen molar-refractivity contribution in [1.29, 1.82) is 0 Å². The van der Waals surface area contributed by atoms with Gasteiger partial charge in [-0.3, -0.25) is 4.90 Å². The number of β-amino-alcohol motifs (C(OH)–C–C–N with tert-alkyl or cyclic N) is 1. The average molecular weight is 341 g/mol. The SMILES string of the molecule is Cc1cccc(-c2noc([C@H]3C[C@@H](O)CN3CC3CCCCC3)n2)c1. The van der Waals surface area contributed by atoms with Crippen LogP contribution in [-0.4, -0.2) is 39.3 Å². The molecule has 134 valence electrons. The van der Waals surface area contributed by atoms with Crippen molar-refractivity contribution in [2.45, 2.75) is 57.6 Å². The number of aliphatic hydroxyl groups excluding tert-OH is 1. The number of aromatic nitrogens is 2. The number of rotatable bonds is 4. The first kappa shape index (κ1) is 16.7. The van der Waals surface area contributed by atoms with Gasteiger partial charge in [-0.05, 0) is 38.2 Å². The van der Waals surface area contributed by atoms with E-state index in [-0.39, 0.29) is 12.1 Å². The largest absolute Gasteiger partial charge is 0.392 e. The monoisotopic (exact) mass is 341 g/mol. The molecule has 1 saturated heterocycles. The van der Waals surface area contributed by atoms with E-state index in [9.17, 15) is 5.11 Å². The molecule has 1 aromatic heterocycles. The van der Waals surface area contributed by atoms with Gasteiger partial charge < -0.3 is 9.63 Å². The number of nitrogens with zero attached hydrogens (tertiary/aromatic N) is 3. The molecule has 1 aromatic carbocycles. The second-order valence-corrected chi connectivity index (χ2v) is 7.69. The van der Waals surface area contributed by atoms with Gasteiger partial charge in [0.05, 0.1) is 12.1 Å². The Balaban J connectivity index is 1.51. The highest BCUT2D eigenvalue weighted by Gasteiger charge is 2.37. The van der Waals surface area contributed by atoms with Crippen molar-refractivity contribution in [3.05, 3.63) is 35.7 Å². The summed E-state index contributed by atoms with van der Waals surface area (Å²) in [6.07, 6.45) is 7.03. The van der Waals surface area contributed by atoms with Crippen LogP contribution in [0.4, 0.5) is 0 Å². The molecule has 0 amide bonds. The maximum absolute atomic E-state index is 10.2. The topological polar surface area (TPSA) is 62.4 Å². The highest BCUT2D eigenvalue weighted by molar-refractivity contribution is 5.55. The maximum Gasteiger partial charge on any atom is 0.244 e. The fourth-order valence-electron chi connectivity index (χ4n) is 4.31. The summed E-state index contributed by atoms with van der Waals surface area (Å²) in [6.45, 7) is 3.80. The van der Waals surface area contributed by atoms with Crippen LogP contribution in [0.1, 0.15) is 56.0 Å². The van der Waals surface area contributed by atoms with E-state index in [4.69, 9.17) is 4.52 Å². The molecule has 2 fully saturated rings. The van der Waals surface area contributed by atoms with Crippen LogP contribution in [-0.2, 0) is 0 Å². The highest BCUT2D eigenvalue weighted by atomic mass is 16.5. The molecule has 5 heteroatoms. The Bertz CT molecular complexity index is 708. The maximum atomic E-state index is 10.2. The van der Waals surface area contributed by atoms with Crippen molar-refractivity contribution in [1.82, 2.24) is 15.0 Å². The van der Waals surface area contributed by atoms with Gasteiger partial charge in [0.1, 0.15) is 0 Å². The zero-order valence-corrected chi connectivity index (χ0v) is 14.9. The van der Waals surface area contributed by atoms with E-state index < -0.39 is 0 Å². The van der Waals surface area contributed by atoms with Crippen LogP contribution in [0.5, 0.6) is 0 Å². The minimum absolute atomic E-state index is 0.0444. The van der Waals surface area contributed by atoms with E-state index in [0.29, 0.717) is 24.7 Å². The van der Waals surface area contributed by atoms with Gasteiger partial charge in [0.15, 0.2) is 0 Å². The second-order valence-electron chi connectivity index (χ2n) is 7.69. The second kappa shape index (κ2) is 7.26. The molecule has 1 saturated carbocycles. The van der Waals surface area contributed by atoms with Gasteiger partial charge in [0, 0.05) is 18.7 Å². The van der Waals surface area contributed by atoms with Gasteiger partial charge in [-0.2, -0.15) is 4.98 Å². The number of benzene rings is 1. The first-order valence-electron chi connectivity index (χ1n) is 9.52. The van der Waals surface area contributed by atoms with Gasteiger partial charge in [-0.25, -0.2) is 0 Å². The van der Waals surface area contributed by atoms with Crippen LogP contribution in [0.3, 0.4) is 0 Å². The summed E-state index contributed by atoms with van der Waals surface area (Å²) in [4.78, 5) is 7.01. The third-order valence-corrected chi connectivity index (χ3v) is 5.60. The summed E-state index contributed by atoms with van der Waals surface area (Å²) in [7, 11) is 0. The molecule has 1 aliphatic carbocycles. The lowest BCUT2D eigenvalue weighted by molar-refractivity contribution is 0.147. The molecule has 25 heavy (non-hydrogen) atoms. The van der Waals surface area contributed by atoms with Crippen molar-refractivity contribution >= 4 is 0 Å². The molecule has 1 aliphatic heterocycles. The molecular formula is C20H27N3O2. The smallest absolute Gasteiger partial charge is 0.244 e. The fraction of sp³-hybridized carbons (Fsp3) is 0.600. The van der Waals surface area contributed by atoms with Gasteiger partial charge in [0.2, 0.25) is 11.7 Å². The molecule has 0 bridgehead atoms. The van der Waals surface area contributed by atoms with Crippen LogP contribution < -0.4 is 0 Å². The summed E-state index contributed by atoms with van der Waals surface area (Å²) in [6, 6.07) is 8.19. The summed E-state index contributed by atoms with van der Waals surface area (Å²) < 4.78 is 5.60. The molecule has 0 spiro atoms. The Kier molecular flexibility index (Phi) is 4.86. The molecule has 5 nitrogen and oxygen atoms in total.